The number of fused-ring (bicyclic) bond motifs is 2. The van der Waals surface area contributed by atoms with Gasteiger partial charge in [-0.2, -0.15) is 0 Å². The Balaban J connectivity index is 2.40. The molecule has 0 radical (unpaired) electrons. The summed E-state index contributed by atoms with van der Waals surface area (Å²) in [6, 6.07) is 5.84. The standard InChI is InChI=1S/C13H12O2S2/c1-8-5-9(2)12-11(6-8)7-10-3-4-16-13(10)17(12,14)15/h3-6H,7H2,1-2H3. The van der Waals surface area contributed by atoms with Gasteiger partial charge in [-0.1, -0.05) is 17.7 Å². The smallest absolute Gasteiger partial charge is 0.216 e. The first kappa shape index (κ1) is 11.0. The van der Waals surface area contributed by atoms with Gasteiger partial charge in [0.15, 0.2) is 0 Å². The molecule has 88 valence electrons. The van der Waals surface area contributed by atoms with Gasteiger partial charge in [-0.3, -0.25) is 0 Å². The Hall–Kier alpha value is -1.13. The van der Waals surface area contributed by atoms with Crippen LogP contribution in [0.4, 0.5) is 0 Å². The highest BCUT2D eigenvalue weighted by Gasteiger charge is 2.31. The third kappa shape index (κ3) is 1.47. The van der Waals surface area contributed by atoms with Crippen molar-refractivity contribution in [3.05, 3.63) is 45.8 Å². The van der Waals surface area contributed by atoms with Gasteiger partial charge in [0.2, 0.25) is 9.84 Å². The summed E-state index contributed by atoms with van der Waals surface area (Å²) in [4.78, 5) is 0.526. The first-order valence-corrected chi connectivity index (χ1v) is 7.78. The molecule has 0 unspecified atom stereocenters. The molecule has 17 heavy (non-hydrogen) atoms. The molecule has 0 atom stereocenters. The largest absolute Gasteiger partial charge is 0.218 e. The molecule has 0 N–H and O–H groups in total. The zero-order valence-corrected chi connectivity index (χ0v) is 11.3. The van der Waals surface area contributed by atoms with Crippen LogP contribution >= 0.6 is 11.3 Å². The van der Waals surface area contributed by atoms with Gasteiger partial charge in [-0.25, -0.2) is 8.42 Å². The van der Waals surface area contributed by atoms with Gasteiger partial charge in [-0.15, -0.1) is 11.3 Å². The molecular formula is C13H12O2S2. The predicted octanol–water partition coefficient (Wildman–Crippen LogP) is 3.10. The fourth-order valence-corrected chi connectivity index (χ4v) is 5.75. The van der Waals surface area contributed by atoms with Gasteiger partial charge in [-0.05, 0) is 42.0 Å². The Morgan fingerprint density at radius 2 is 1.94 bits per heavy atom. The van der Waals surface area contributed by atoms with Crippen molar-refractivity contribution in [3.63, 3.8) is 0 Å². The van der Waals surface area contributed by atoms with Crippen molar-refractivity contribution < 1.29 is 8.42 Å². The monoisotopic (exact) mass is 264 g/mol. The maximum Gasteiger partial charge on any atom is 0.216 e. The van der Waals surface area contributed by atoms with Crippen molar-refractivity contribution in [3.8, 4) is 0 Å². The quantitative estimate of drug-likeness (QED) is 0.625. The maximum atomic E-state index is 12.5. The topological polar surface area (TPSA) is 34.1 Å². The van der Waals surface area contributed by atoms with Crippen LogP contribution in [0.2, 0.25) is 0 Å². The van der Waals surface area contributed by atoms with E-state index in [0.29, 0.717) is 9.10 Å². The average Bonchev–Trinajstić information content (AvgIpc) is 2.64. The molecule has 1 aromatic carbocycles. The van der Waals surface area contributed by atoms with E-state index in [4.69, 9.17) is 0 Å². The van der Waals surface area contributed by atoms with E-state index in [-0.39, 0.29) is 0 Å². The third-order valence-electron chi connectivity index (χ3n) is 3.10. The number of hydrogen-bond acceptors (Lipinski definition) is 3. The number of rotatable bonds is 0. The molecule has 0 saturated carbocycles. The number of hydrogen-bond donors (Lipinski definition) is 0. The number of thiophene rings is 1. The van der Waals surface area contributed by atoms with Crippen molar-refractivity contribution in [2.45, 2.75) is 29.4 Å². The molecule has 0 amide bonds. The van der Waals surface area contributed by atoms with Gasteiger partial charge < -0.3 is 0 Å². The summed E-state index contributed by atoms with van der Waals surface area (Å²) in [7, 11) is -3.29. The molecule has 0 spiro atoms. The molecule has 2 aromatic rings. The van der Waals surface area contributed by atoms with Crippen molar-refractivity contribution in [1.82, 2.24) is 0 Å². The third-order valence-corrected chi connectivity index (χ3v) is 6.66. The first-order valence-electron chi connectivity index (χ1n) is 5.42. The van der Waals surface area contributed by atoms with Crippen molar-refractivity contribution in [1.29, 1.82) is 0 Å². The lowest BCUT2D eigenvalue weighted by Gasteiger charge is -2.19. The summed E-state index contributed by atoms with van der Waals surface area (Å²) in [6.45, 7) is 3.88. The van der Waals surface area contributed by atoms with E-state index in [1.807, 2.05) is 37.4 Å². The molecule has 0 aliphatic carbocycles. The summed E-state index contributed by atoms with van der Waals surface area (Å²) >= 11 is 1.32. The molecule has 2 heterocycles. The predicted molar refractivity (Wildman–Crippen MR) is 68.5 cm³/mol. The molecule has 0 saturated heterocycles. The molecule has 1 aliphatic rings. The maximum absolute atomic E-state index is 12.5. The van der Waals surface area contributed by atoms with Crippen molar-refractivity contribution >= 4 is 21.2 Å². The fraction of sp³-hybridized carbons (Fsp3) is 0.231. The second kappa shape index (κ2) is 3.43. The number of sulfone groups is 1. The summed E-state index contributed by atoms with van der Waals surface area (Å²) in [5.41, 5.74) is 3.86. The lowest BCUT2D eigenvalue weighted by molar-refractivity contribution is 0.593. The Bertz CT molecular complexity index is 709. The van der Waals surface area contributed by atoms with Gasteiger partial charge in [0.05, 0.1) is 4.90 Å². The number of benzene rings is 1. The van der Waals surface area contributed by atoms with Crippen LogP contribution < -0.4 is 0 Å². The molecular weight excluding hydrogens is 252 g/mol. The Labute approximate surface area is 105 Å². The van der Waals surface area contributed by atoms with E-state index in [1.54, 1.807) is 0 Å². The van der Waals surface area contributed by atoms with E-state index < -0.39 is 9.84 Å². The molecule has 0 bridgehead atoms. The van der Waals surface area contributed by atoms with E-state index in [2.05, 4.69) is 0 Å². The first-order chi connectivity index (χ1) is 8.00. The van der Waals surface area contributed by atoms with E-state index >= 15 is 0 Å². The second-order valence-electron chi connectivity index (χ2n) is 4.48. The van der Waals surface area contributed by atoms with Gasteiger partial charge in [0.25, 0.3) is 0 Å². The Morgan fingerprint density at radius 3 is 2.71 bits per heavy atom. The van der Waals surface area contributed by atoms with Gasteiger partial charge in [0, 0.05) is 6.42 Å². The highest BCUT2D eigenvalue weighted by atomic mass is 32.2. The van der Waals surface area contributed by atoms with Crippen molar-refractivity contribution in [2.75, 3.05) is 0 Å². The zero-order valence-electron chi connectivity index (χ0n) is 9.65. The summed E-state index contributed by atoms with van der Waals surface area (Å²) in [6.07, 6.45) is 0.732. The molecule has 0 fully saturated rings. The van der Waals surface area contributed by atoms with Crippen LogP contribution in [0.5, 0.6) is 0 Å². The lowest BCUT2D eigenvalue weighted by atomic mass is 10.0. The van der Waals surface area contributed by atoms with Gasteiger partial charge in [0.1, 0.15) is 4.21 Å². The normalized spacial score (nSPS) is 16.4. The van der Waals surface area contributed by atoms with E-state index in [1.165, 1.54) is 11.3 Å². The van der Waals surface area contributed by atoms with Crippen LogP contribution in [0, 0.1) is 13.8 Å². The Kier molecular flexibility index (Phi) is 2.22. The van der Waals surface area contributed by atoms with Crippen LogP contribution in [0.25, 0.3) is 0 Å². The second-order valence-corrected chi connectivity index (χ2v) is 7.48. The summed E-state index contributed by atoms with van der Waals surface area (Å²) in [5.74, 6) is 0. The van der Waals surface area contributed by atoms with Crippen LogP contribution in [-0.2, 0) is 16.3 Å². The summed E-state index contributed by atoms with van der Waals surface area (Å²) in [5, 5.41) is 1.86. The average molecular weight is 264 g/mol. The van der Waals surface area contributed by atoms with Crippen LogP contribution in [0.15, 0.2) is 32.7 Å². The van der Waals surface area contributed by atoms with E-state index in [0.717, 1.165) is 28.7 Å². The molecule has 4 heteroatoms. The van der Waals surface area contributed by atoms with Crippen LogP contribution in [-0.4, -0.2) is 8.42 Å². The molecule has 1 aliphatic heterocycles. The SMILES string of the molecule is Cc1cc(C)c2c(c1)Cc1ccsc1S2(=O)=O. The van der Waals surface area contributed by atoms with Gasteiger partial charge >= 0.3 is 0 Å². The molecule has 2 nitrogen and oxygen atoms in total. The number of aryl methyl sites for hydroxylation is 2. The molecule has 1 aromatic heterocycles. The highest BCUT2D eigenvalue weighted by molar-refractivity contribution is 7.93. The van der Waals surface area contributed by atoms with Crippen LogP contribution in [0.3, 0.4) is 0 Å². The molecule has 3 rings (SSSR count). The summed E-state index contributed by atoms with van der Waals surface area (Å²) < 4.78 is 25.5. The minimum absolute atomic E-state index is 0.525. The Morgan fingerprint density at radius 1 is 1.18 bits per heavy atom. The van der Waals surface area contributed by atoms with Crippen molar-refractivity contribution in [2.24, 2.45) is 0 Å². The van der Waals surface area contributed by atoms with Crippen LogP contribution in [0.1, 0.15) is 22.3 Å². The fourth-order valence-electron chi connectivity index (χ4n) is 2.54. The van der Waals surface area contributed by atoms with E-state index in [9.17, 15) is 8.42 Å². The highest BCUT2D eigenvalue weighted by Crippen LogP contribution is 2.39. The zero-order chi connectivity index (χ0) is 12.2. The minimum atomic E-state index is -3.29. The lowest BCUT2D eigenvalue weighted by Crippen LogP contribution is -2.14. The minimum Gasteiger partial charge on any atom is -0.218 e.